The van der Waals surface area contributed by atoms with Crippen LogP contribution in [0.3, 0.4) is 0 Å². The van der Waals surface area contributed by atoms with Crippen LogP contribution in [-0.4, -0.2) is 0 Å². The van der Waals surface area contributed by atoms with Crippen molar-refractivity contribution in [1.29, 1.82) is 0 Å². The Bertz CT molecular complexity index is 360. The second kappa shape index (κ2) is 10.4. The number of hydrogen-bond donors (Lipinski definition) is 0. The second-order valence-electron chi connectivity index (χ2n) is 3.30. The molecule has 0 aliphatic rings. The second-order valence-corrected chi connectivity index (χ2v) is 3.30. The first-order valence-electron chi connectivity index (χ1n) is 5.51. The molecule has 2 rings (SSSR count). The molecule has 0 radical (unpaired) electrons. The summed E-state index contributed by atoms with van der Waals surface area (Å²) in [5.41, 5.74) is 2.34. The van der Waals surface area contributed by atoms with Crippen LogP contribution in [0.2, 0.25) is 0 Å². The van der Waals surface area contributed by atoms with Crippen LogP contribution in [0.4, 0.5) is 0 Å². The molecule has 0 fully saturated rings. The molecule has 88 valence electrons. The van der Waals surface area contributed by atoms with Crippen LogP contribution in [0.25, 0.3) is 5.57 Å². The zero-order chi connectivity index (χ0) is 12.9. The third-order valence-corrected chi connectivity index (χ3v) is 1.93. The van der Waals surface area contributed by atoms with Gasteiger partial charge in [-0.3, -0.25) is 0 Å². The molecule has 0 atom stereocenters. The van der Waals surface area contributed by atoms with Gasteiger partial charge in [0.05, 0.1) is 0 Å². The van der Waals surface area contributed by atoms with Gasteiger partial charge in [-0.15, -0.1) is 13.2 Å². The Morgan fingerprint density at radius 2 is 1.00 bits per heavy atom. The average Bonchev–Trinajstić information content (AvgIpc) is 2.44. The maximum absolute atomic E-state index is 3.83. The molecule has 2 aromatic carbocycles. The smallest absolute Gasteiger partial charge is 0.0233 e. The fourth-order valence-electron chi connectivity index (χ4n) is 1.11. The Kier molecular flexibility index (Phi) is 9.16. The summed E-state index contributed by atoms with van der Waals surface area (Å²) in [5, 5.41) is 0. The lowest BCUT2D eigenvalue weighted by Crippen LogP contribution is -1.72. The van der Waals surface area contributed by atoms with Crippen LogP contribution < -0.4 is 0 Å². The van der Waals surface area contributed by atoms with Gasteiger partial charge in [0.1, 0.15) is 0 Å². The zero-order valence-corrected chi connectivity index (χ0v) is 10.5. The largest absolute Gasteiger partial charge is 0.106 e. The summed E-state index contributed by atoms with van der Waals surface area (Å²) in [6.07, 6.45) is 0. The Morgan fingerprint density at radius 3 is 1.24 bits per heavy atom. The highest BCUT2D eigenvalue weighted by molar-refractivity contribution is 5.60. The minimum Gasteiger partial charge on any atom is -0.106 e. The molecule has 0 N–H and O–H groups in total. The van der Waals surface area contributed by atoms with Crippen molar-refractivity contribution in [3.63, 3.8) is 0 Å². The van der Waals surface area contributed by atoms with Crippen LogP contribution in [0.1, 0.15) is 12.5 Å². The van der Waals surface area contributed by atoms with E-state index in [-0.39, 0.29) is 0 Å². The first-order valence-corrected chi connectivity index (χ1v) is 5.51. The lowest BCUT2D eigenvalue weighted by Gasteiger charge is -1.94. The third kappa shape index (κ3) is 7.80. The van der Waals surface area contributed by atoms with Crippen molar-refractivity contribution in [3.8, 4) is 0 Å². The van der Waals surface area contributed by atoms with Crippen LogP contribution in [0.5, 0.6) is 0 Å². The number of hydrogen-bond acceptors (Lipinski definition) is 0. The van der Waals surface area contributed by atoms with E-state index in [1.807, 2.05) is 61.5 Å². The van der Waals surface area contributed by atoms with Crippen molar-refractivity contribution in [2.24, 2.45) is 0 Å². The quantitative estimate of drug-likeness (QED) is 0.583. The molecule has 0 spiro atoms. The predicted octanol–water partition coefficient (Wildman–Crippen LogP) is 5.21. The van der Waals surface area contributed by atoms with Crippen molar-refractivity contribution in [2.45, 2.75) is 6.92 Å². The molecule has 0 unspecified atom stereocenters. The third-order valence-electron chi connectivity index (χ3n) is 1.93. The van der Waals surface area contributed by atoms with E-state index in [1.54, 1.807) is 0 Å². The lowest BCUT2D eigenvalue weighted by atomic mass is 10.1. The topological polar surface area (TPSA) is 0 Å². The molecule has 0 saturated carbocycles. The van der Waals surface area contributed by atoms with E-state index in [1.165, 1.54) is 5.56 Å². The monoisotopic (exact) mass is 224 g/mol. The summed E-state index contributed by atoms with van der Waals surface area (Å²) in [4.78, 5) is 0. The van der Waals surface area contributed by atoms with Gasteiger partial charge >= 0.3 is 0 Å². The summed E-state index contributed by atoms with van der Waals surface area (Å²) in [6.45, 7) is 11.8. The van der Waals surface area contributed by atoms with Crippen molar-refractivity contribution in [2.75, 3.05) is 0 Å². The SMILES string of the molecule is C=C.C=C(C)c1ccccc1.c1ccccc1. The van der Waals surface area contributed by atoms with Crippen molar-refractivity contribution >= 4 is 5.57 Å². The Balaban J connectivity index is 0.000000278. The van der Waals surface area contributed by atoms with E-state index in [0.717, 1.165) is 5.57 Å². The minimum absolute atomic E-state index is 1.12. The summed E-state index contributed by atoms with van der Waals surface area (Å²) in [7, 11) is 0. The normalized spacial score (nSPS) is 7.82. The molecule has 0 aliphatic carbocycles. The van der Waals surface area contributed by atoms with Gasteiger partial charge in [-0.2, -0.15) is 0 Å². The van der Waals surface area contributed by atoms with Gasteiger partial charge in [0.25, 0.3) is 0 Å². The summed E-state index contributed by atoms with van der Waals surface area (Å²) < 4.78 is 0. The number of benzene rings is 2. The van der Waals surface area contributed by atoms with Crippen molar-refractivity contribution < 1.29 is 0 Å². The van der Waals surface area contributed by atoms with E-state index >= 15 is 0 Å². The molecule has 0 nitrogen and oxygen atoms in total. The van der Waals surface area contributed by atoms with E-state index in [4.69, 9.17) is 0 Å². The summed E-state index contributed by atoms with van der Waals surface area (Å²) >= 11 is 0. The van der Waals surface area contributed by atoms with E-state index in [0.29, 0.717) is 0 Å². The molecular weight excluding hydrogens is 204 g/mol. The van der Waals surface area contributed by atoms with Gasteiger partial charge in [0, 0.05) is 0 Å². The summed E-state index contributed by atoms with van der Waals surface area (Å²) in [6, 6.07) is 22.2. The van der Waals surface area contributed by atoms with Gasteiger partial charge in [0.2, 0.25) is 0 Å². The van der Waals surface area contributed by atoms with Crippen LogP contribution in [0.15, 0.2) is 86.5 Å². The average molecular weight is 224 g/mol. The summed E-state index contributed by atoms with van der Waals surface area (Å²) in [5.74, 6) is 0. The van der Waals surface area contributed by atoms with Crippen LogP contribution in [-0.2, 0) is 0 Å². The zero-order valence-electron chi connectivity index (χ0n) is 10.5. The van der Waals surface area contributed by atoms with Gasteiger partial charge in [-0.25, -0.2) is 0 Å². The van der Waals surface area contributed by atoms with Crippen molar-refractivity contribution in [3.05, 3.63) is 92.0 Å². The van der Waals surface area contributed by atoms with Crippen LogP contribution in [0, 0.1) is 0 Å². The fraction of sp³-hybridized carbons (Fsp3) is 0.0588. The molecular formula is C17H20. The molecule has 0 amide bonds. The predicted molar refractivity (Wildman–Crippen MR) is 78.8 cm³/mol. The standard InChI is InChI=1S/C9H10.C6H6.C2H4/c1-8(2)9-6-4-3-5-7-9;1-2-4-6-5-3-1;1-2/h3-7H,1H2,2H3;1-6H;1-2H2. The molecule has 0 heterocycles. The lowest BCUT2D eigenvalue weighted by molar-refractivity contribution is 1.58. The highest BCUT2D eigenvalue weighted by atomic mass is 13.9. The number of rotatable bonds is 1. The van der Waals surface area contributed by atoms with Gasteiger partial charge in [0.15, 0.2) is 0 Å². The molecule has 2 aromatic rings. The Labute approximate surface area is 105 Å². The highest BCUT2D eigenvalue weighted by Gasteiger charge is 1.86. The molecule has 0 bridgehead atoms. The van der Waals surface area contributed by atoms with E-state index < -0.39 is 0 Å². The first-order chi connectivity index (χ1) is 8.30. The molecule has 0 aromatic heterocycles. The van der Waals surface area contributed by atoms with Crippen molar-refractivity contribution in [1.82, 2.24) is 0 Å². The van der Waals surface area contributed by atoms with E-state index in [9.17, 15) is 0 Å². The van der Waals surface area contributed by atoms with Gasteiger partial charge < -0.3 is 0 Å². The van der Waals surface area contributed by atoms with Crippen LogP contribution >= 0.6 is 0 Å². The molecule has 0 aliphatic heterocycles. The van der Waals surface area contributed by atoms with Gasteiger partial charge in [-0.1, -0.05) is 78.9 Å². The van der Waals surface area contributed by atoms with E-state index in [2.05, 4.69) is 31.9 Å². The van der Waals surface area contributed by atoms with Gasteiger partial charge in [-0.05, 0) is 12.5 Å². The minimum atomic E-state index is 1.12. The Morgan fingerprint density at radius 1 is 0.706 bits per heavy atom. The molecule has 0 saturated heterocycles. The molecule has 17 heavy (non-hydrogen) atoms. The Hall–Kier alpha value is -2.08. The maximum atomic E-state index is 3.83. The number of allylic oxidation sites excluding steroid dienone is 1. The molecule has 0 heteroatoms. The fourth-order valence-corrected chi connectivity index (χ4v) is 1.11. The first kappa shape index (κ1) is 14.9. The highest BCUT2D eigenvalue weighted by Crippen LogP contribution is 2.08. The maximum Gasteiger partial charge on any atom is -0.0233 e.